The Labute approximate surface area is 126 Å². The van der Waals surface area contributed by atoms with Crippen molar-refractivity contribution in [2.24, 2.45) is 0 Å². The number of amides is 2. The summed E-state index contributed by atoms with van der Waals surface area (Å²) < 4.78 is 5.64. The second-order valence-electron chi connectivity index (χ2n) is 5.52. The Balaban J connectivity index is 1.70. The molecule has 0 spiro atoms. The van der Waals surface area contributed by atoms with Crippen LogP contribution in [0.2, 0.25) is 0 Å². The van der Waals surface area contributed by atoms with Gasteiger partial charge in [0.05, 0.1) is 6.61 Å². The van der Waals surface area contributed by atoms with Crippen LogP contribution in [0.15, 0.2) is 22.6 Å². The monoisotopic (exact) mass is 303 g/mol. The van der Waals surface area contributed by atoms with Crippen molar-refractivity contribution >= 4 is 28.6 Å². The summed E-state index contributed by atoms with van der Waals surface area (Å²) in [5.74, 6) is -0.435. The predicted molar refractivity (Wildman–Crippen MR) is 79.3 cm³/mol. The van der Waals surface area contributed by atoms with E-state index < -0.39 is 17.9 Å². The van der Waals surface area contributed by atoms with Gasteiger partial charge in [0.2, 0.25) is 0 Å². The number of rotatable bonds is 4. The maximum atomic E-state index is 11.8. The lowest BCUT2D eigenvalue weighted by Gasteiger charge is -2.10. The first kappa shape index (κ1) is 14.5. The van der Waals surface area contributed by atoms with Crippen LogP contribution in [0.5, 0.6) is 0 Å². The molecule has 7 nitrogen and oxygen atoms in total. The fourth-order valence-electron chi connectivity index (χ4n) is 2.05. The predicted octanol–water partition coefficient (Wildman–Crippen LogP) is 1.14. The van der Waals surface area contributed by atoms with Crippen LogP contribution in [0.1, 0.15) is 31.6 Å². The van der Waals surface area contributed by atoms with Crippen molar-refractivity contribution in [3.63, 3.8) is 0 Å². The third kappa shape index (κ3) is 3.09. The van der Waals surface area contributed by atoms with Crippen molar-refractivity contribution in [1.29, 1.82) is 0 Å². The normalized spacial score (nSPS) is 15.5. The van der Waals surface area contributed by atoms with Gasteiger partial charge in [0, 0.05) is 17.6 Å². The number of aliphatic hydroxyl groups is 1. The van der Waals surface area contributed by atoms with E-state index in [1.807, 2.05) is 0 Å². The molecule has 2 amide bonds. The van der Waals surface area contributed by atoms with E-state index in [9.17, 15) is 9.59 Å². The first-order chi connectivity index (χ1) is 10.6. The quantitative estimate of drug-likeness (QED) is 0.735. The second kappa shape index (κ2) is 5.76. The largest absolute Gasteiger partial charge is 0.440 e. The minimum absolute atomic E-state index is 0.228. The Hall–Kier alpha value is -2.41. The van der Waals surface area contributed by atoms with Crippen molar-refractivity contribution in [2.75, 3.05) is 11.9 Å². The van der Waals surface area contributed by atoms with Gasteiger partial charge in [0.1, 0.15) is 5.52 Å². The topological polar surface area (TPSA) is 104 Å². The fraction of sp³-hybridized carbons (Fsp3) is 0.400. The summed E-state index contributed by atoms with van der Waals surface area (Å²) in [4.78, 5) is 27.8. The lowest BCUT2D eigenvalue weighted by Crippen LogP contribution is -2.42. The number of nitrogens with zero attached hydrogens (tertiary/aromatic N) is 1. The molecular formula is C15H17N3O4. The number of anilines is 1. The molecule has 1 aliphatic carbocycles. The highest BCUT2D eigenvalue weighted by molar-refractivity contribution is 6.39. The number of fused-ring (bicyclic) bond motifs is 1. The number of benzene rings is 1. The molecule has 1 heterocycles. The van der Waals surface area contributed by atoms with Crippen LogP contribution in [0.3, 0.4) is 0 Å². The number of hydrogen-bond donors (Lipinski definition) is 3. The summed E-state index contributed by atoms with van der Waals surface area (Å²) >= 11 is 0. The van der Waals surface area contributed by atoms with Gasteiger partial charge in [0.15, 0.2) is 11.5 Å². The first-order valence-electron chi connectivity index (χ1n) is 7.20. The molecule has 1 atom stereocenters. The van der Waals surface area contributed by atoms with E-state index in [1.54, 1.807) is 25.1 Å². The average molecular weight is 303 g/mol. The number of hydrogen-bond acceptors (Lipinski definition) is 5. The maximum Gasteiger partial charge on any atom is 0.313 e. The fourth-order valence-corrected chi connectivity index (χ4v) is 2.05. The van der Waals surface area contributed by atoms with Gasteiger partial charge in [-0.05, 0) is 38.0 Å². The van der Waals surface area contributed by atoms with Crippen LogP contribution < -0.4 is 10.6 Å². The first-order valence-corrected chi connectivity index (χ1v) is 7.20. The molecule has 1 aromatic carbocycles. The van der Waals surface area contributed by atoms with Gasteiger partial charge in [-0.3, -0.25) is 9.59 Å². The Morgan fingerprint density at radius 3 is 2.86 bits per heavy atom. The zero-order valence-corrected chi connectivity index (χ0v) is 12.1. The van der Waals surface area contributed by atoms with Crippen LogP contribution in [0, 0.1) is 0 Å². The van der Waals surface area contributed by atoms with Crippen molar-refractivity contribution in [3.8, 4) is 0 Å². The zero-order chi connectivity index (χ0) is 15.7. The molecule has 1 saturated carbocycles. The minimum Gasteiger partial charge on any atom is -0.440 e. The molecule has 3 N–H and O–H groups in total. The third-order valence-corrected chi connectivity index (χ3v) is 3.45. The van der Waals surface area contributed by atoms with Crippen LogP contribution in [0.4, 0.5) is 5.69 Å². The summed E-state index contributed by atoms with van der Waals surface area (Å²) in [5, 5.41) is 13.7. The Kier molecular flexibility index (Phi) is 3.81. The van der Waals surface area contributed by atoms with E-state index in [0.717, 1.165) is 18.7 Å². The smallest absolute Gasteiger partial charge is 0.313 e. The van der Waals surface area contributed by atoms with Crippen molar-refractivity contribution in [3.05, 3.63) is 24.1 Å². The van der Waals surface area contributed by atoms with Crippen molar-refractivity contribution in [1.82, 2.24) is 10.3 Å². The molecule has 22 heavy (non-hydrogen) atoms. The van der Waals surface area contributed by atoms with Gasteiger partial charge < -0.3 is 20.2 Å². The summed E-state index contributed by atoms with van der Waals surface area (Å²) in [5.41, 5.74) is 1.79. The molecule has 116 valence electrons. The van der Waals surface area contributed by atoms with E-state index in [1.165, 1.54) is 0 Å². The lowest BCUT2D eigenvalue weighted by molar-refractivity contribution is -0.136. The highest BCUT2D eigenvalue weighted by Gasteiger charge is 2.29. The molecule has 3 rings (SSSR count). The minimum atomic E-state index is -0.791. The molecule has 1 fully saturated rings. The van der Waals surface area contributed by atoms with Crippen LogP contribution in [-0.4, -0.2) is 34.6 Å². The molecule has 0 aliphatic heterocycles. The van der Waals surface area contributed by atoms with E-state index >= 15 is 0 Å². The molecule has 2 aromatic rings. The van der Waals surface area contributed by atoms with Crippen LogP contribution >= 0.6 is 0 Å². The molecule has 0 radical (unpaired) electrons. The summed E-state index contributed by atoms with van der Waals surface area (Å²) in [6, 6.07) is 4.58. The number of aliphatic hydroxyl groups excluding tert-OH is 1. The Morgan fingerprint density at radius 1 is 1.41 bits per heavy atom. The number of aromatic nitrogens is 1. The molecule has 0 unspecified atom stereocenters. The number of carbonyl (C=O) groups is 2. The zero-order valence-electron chi connectivity index (χ0n) is 12.1. The Bertz CT molecular complexity index is 721. The number of nitrogens with one attached hydrogen (secondary N) is 2. The van der Waals surface area contributed by atoms with Gasteiger partial charge in [0.25, 0.3) is 0 Å². The van der Waals surface area contributed by atoms with Gasteiger partial charge in [-0.1, -0.05) is 0 Å². The highest BCUT2D eigenvalue weighted by atomic mass is 16.3. The second-order valence-corrected chi connectivity index (χ2v) is 5.52. The van der Waals surface area contributed by atoms with Crippen molar-refractivity contribution in [2.45, 2.75) is 31.7 Å². The molecule has 0 bridgehead atoms. The number of oxazole rings is 1. The van der Waals surface area contributed by atoms with Gasteiger partial charge >= 0.3 is 11.8 Å². The molecular weight excluding hydrogens is 286 g/mol. The Morgan fingerprint density at radius 2 is 2.18 bits per heavy atom. The standard InChI is InChI=1S/C15H17N3O4/c1-8(7-19)16-13(20)14(21)17-10-4-5-12-11(6-10)18-15(22-12)9-2-3-9/h4-6,8-9,19H,2-3,7H2,1H3,(H,16,20)(H,17,21)/t8-/m0/s1. The SMILES string of the molecule is C[C@@H](CO)NC(=O)C(=O)Nc1ccc2oc(C3CC3)nc2c1. The molecule has 1 aliphatic rings. The van der Waals surface area contributed by atoms with Crippen molar-refractivity contribution < 1.29 is 19.1 Å². The third-order valence-electron chi connectivity index (χ3n) is 3.45. The van der Waals surface area contributed by atoms with E-state index in [4.69, 9.17) is 9.52 Å². The van der Waals surface area contributed by atoms with Gasteiger partial charge in [-0.15, -0.1) is 0 Å². The maximum absolute atomic E-state index is 11.8. The summed E-state index contributed by atoms with van der Waals surface area (Å²) in [7, 11) is 0. The van der Waals surface area contributed by atoms with Crippen LogP contribution in [-0.2, 0) is 9.59 Å². The van der Waals surface area contributed by atoms with Gasteiger partial charge in [-0.2, -0.15) is 0 Å². The van der Waals surface area contributed by atoms with E-state index in [0.29, 0.717) is 22.7 Å². The highest BCUT2D eigenvalue weighted by Crippen LogP contribution is 2.40. The summed E-state index contributed by atoms with van der Waals surface area (Å²) in [6.07, 6.45) is 2.19. The molecule has 7 heteroatoms. The average Bonchev–Trinajstić information content (AvgIpc) is 3.26. The summed E-state index contributed by atoms with van der Waals surface area (Å²) in [6.45, 7) is 1.37. The van der Waals surface area contributed by atoms with E-state index in [2.05, 4.69) is 15.6 Å². The number of carbonyl (C=O) groups excluding carboxylic acids is 2. The lowest BCUT2D eigenvalue weighted by atomic mass is 10.3. The van der Waals surface area contributed by atoms with Crippen LogP contribution in [0.25, 0.3) is 11.1 Å². The van der Waals surface area contributed by atoms with Gasteiger partial charge in [-0.25, -0.2) is 4.98 Å². The molecule has 0 saturated heterocycles. The van der Waals surface area contributed by atoms with E-state index in [-0.39, 0.29) is 6.61 Å². The molecule has 1 aromatic heterocycles.